The normalized spacial score (nSPS) is 12.5. The van der Waals surface area contributed by atoms with Gasteiger partial charge in [-0.1, -0.05) is 29.8 Å². The van der Waals surface area contributed by atoms with Crippen LogP contribution in [0.3, 0.4) is 0 Å². The zero-order valence-electron chi connectivity index (χ0n) is 10.2. The first kappa shape index (κ1) is 11.9. The molecule has 0 aliphatic heterocycles. The van der Waals surface area contributed by atoms with E-state index in [2.05, 4.69) is 25.8 Å². The molecule has 19 heavy (non-hydrogen) atoms. The summed E-state index contributed by atoms with van der Waals surface area (Å²) < 4.78 is 1.60. The average molecular weight is 275 g/mol. The average Bonchev–Trinajstić information content (AvgIpc) is 2.88. The molecule has 2 heterocycles. The van der Waals surface area contributed by atoms with E-state index in [1.165, 1.54) is 0 Å². The fraction of sp³-hybridized carbons (Fsp3) is 0.167. The van der Waals surface area contributed by atoms with Crippen LogP contribution in [0.15, 0.2) is 36.7 Å². The van der Waals surface area contributed by atoms with Crippen LogP contribution in [0.2, 0.25) is 5.02 Å². The van der Waals surface area contributed by atoms with Crippen molar-refractivity contribution in [3.05, 3.63) is 47.2 Å². The maximum Gasteiger partial charge on any atom is 0.199 e. The van der Waals surface area contributed by atoms with E-state index in [1.807, 2.05) is 31.2 Å². The zero-order valence-corrected chi connectivity index (χ0v) is 10.9. The number of aromatic nitrogens is 5. The third-order valence-electron chi connectivity index (χ3n) is 2.84. The summed E-state index contributed by atoms with van der Waals surface area (Å²) in [5.74, 6) is 0.718. The van der Waals surface area contributed by atoms with Gasteiger partial charge >= 0.3 is 0 Å². The van der Waals surface area contributed by atoms with Crippen LogP contribution in [0.5, 0.6) is 0 Å². The molecule has 1 unspecified atom stereocenters. The molecule has 96 valence electrons. The molecule has 0 fully saturated rings. The first-order valence-electron chi connectivity index (χ1n) is 5.79. The number of hydrogen-bond donors (Lipinski definition) is 1. The third-order valence-corrected chi connectivity index (χ3v) is 3.19. The van der Waals surface area contributed by atoms with Crippen molar-refractivity contribution in [2.75, 3.05) is 5.32 Å². The van der Waals surface area contributed by atoms with Gasteiger partial charge in [-0.05, 0) is 29.0 Å². The molecule has 3 rings (SSSR count). The SMILES string of the molecule is CC(Nc1cncc2nnnn12)c1ccccc1Cl. The topological polar surface area (TPSA) is 68.0 Å². The van der Waals surface area contributed by atoms with Crippen molar-refractivity contribution in [3.63, 3.8) is 0 Å². The lowest BCUT2D eigenvalue weighted by molar-refractivity contribution is 0.796. The predicted octanol–water partition coefficient (Wildman–Crippen LogP) is 2.35. The van der Waals surface area contributed by atoms with Gasteiger partial charge in [0.15, 0.2) is 11.5 Å². The Morgan fingerprint density at radius 3 is 2.95 bits per heavy atom. The molecule has 0 bridgehead atoms. The molecule has 0 aliphatic carbocycles. The molecule has 1 N–H and O–H groups in total. The summed E-state index contributed by atoms with van der Waals surface area (Å²) in [6.07, 6.45) is 3.28. The molecule has 0 saturated heterocycles. The molecular weight excluding hydrogens is 264 g/mol. The maximum absolute atomic E-state index is 6.18. The molecule has 6 nitrogen and oxygen atoms in total. The summed E-state index contributed by atoms with van der Waals surface area (Å²) in [5.41, 5.74) is 1.60. The van der Waals surface area contributed by atoms with Crippen molar-refractivity contribution in [3.8, 4) is 0 Å². The van der Waals surface area contributed by atoms with Crippen molar-refractivity contribution < 1.29 is 0 Å². The largest absolute Gasteiger partial charge is 0.362 e. The van der Waals surface area contributed by atoms with Crippen LogP contribution in [0, 0.1) is 0 Å². The van der Waals surface area contributed by atoms with Gasteiger partial charge in [0.1, 0.15) is 0 Å². The molecule has 0 spiro atoms. The Morgan fingerprint density at radius 2 is 2.11 bits per heavy atom. The number of fused-ring (bicyclic) bond motifs is 1. The summed E-state index contributed by atoms with van der Waals surface area (Å²) >= 11 is 6.18. The van der Waals surface area contributed by atoms with Crippen LogP contribution in [0.1, 0.15) is 18.5 Å². The van der Waals surface area contributed by atoms with Gasteiger partial charge in [-0.3, -0.25) is 4.98 Å². The minimum absolute atomic E-state index is 0.0188. The Balaban J connectivity index is 1.93. The van der Waals surface area contributed by atoms with Crippen LogP contribution >= 0.6 is 11.6 Å². The highest BCUT2D eigenvalue weighted by Gasteiger charge is 2.11. The molecule has 0 saturated carbocycles. The molecule has 3 aromatic rings. The fourth-order valence-electron chi connectivity index (χ4n) is 1.90. The van der Waals surface area contributed by atoms with E-state index in [0.29, 0.717) is 5.65 Å². The monoisotopic (exact) mass is 274 g/mol. The second kappa shape index (κ2) is 4.81. The predicted molar refractivity (Wildman–Crippen MR) is 72.1 cm³/mol. The summed E-state index contributed by atoms with van der Waals surface area (Å²) in [6, 6.07) is 7.72. The Kier molecular flexibility index (Phi) is 3.00. The number of nitrogens with one attached hydrogen (secondary N) is 1. The second-order valence-electron chi connectivity index (χ2n) is 4.13. The third kappa shape index (κ3) is 2.22. The summed E-state index contributed by atoms with van der Waals surface area (Å²) in [6.45, 7) is 2.02. The standard InChI is InChI=1S/C12H11ClN6/c1-8(9-4-2-3-5-10(9)13)15-11-6-14-7-12-16-17-18-19(11)12/h2-8,15H,1H3. The van der Waals surface area contributed by atoms with Gasteiger partial charge in [0.2, 0.25) is 0 Å². The number of anilines is 1. The quantitative estimate of drug-likeness (QED) is 0.794. The van der Waals surface area contributed by atoms with Crippen LogP contribution in [-0.4, -0.2) is 25.0 Å². The minimum atomic E-state index is 0.0188. The van der Waals surface area contributed by atoms with E-state index in [1.54, 1.807) is 16.9 Å². The number of halogens is 1. The molecule has 1 aromatic carbocycles. The van der Waals surface area contributed by atoms with E-state index < -0.39 is 0 Å². The molecule has 0 radical (unpaired) electrons. The molecule has 7 heteroatoms. The Hall–Kier alpha value is -2.21. The number of tetrazole rings is 1. The zero-order chi connectivity index (χ0) is 13.2. The smallest absolute Gasteiger partial charge is 0.199 e. The number of benzene rings is 1. The van der Waals surface area contributed by atoms with Crippen molar-refractivity contribution in [1.82, 2.24) is 25.0 Å². The lowest BCUT2D eigenvalue weighted by Gasteiger charge is -2.16. The molecular formula is C12H11ClN6. The van der Waals surface area contributed by atoms with Gasteiger partial charge in [-0.15, -0.1) is 5.10 Å². The van der Waals surface area contributed by atoms with Gasteiger partial charge in [0.25, 0.3) is 0 Å². The minimum Gasteiger partial charge on any atom is -0.362 e. The number of nitrogens with zero attached hydrogens (tertiary/aromatic N) is 5. The van der Waals surface area contributed by atoms with Crippen LogP contribution in [0.4, 0.5) is 5.82 Å². The number of rotatable bonds is 3. The summed E-state index contributed by atoms with van der Waals surface area (Å²) in [4.78, 5) is 4.10. The first-order valence-corrected chi connectivity index (χ1v) is 6.16. The molecule has 0 amide bonds. The van der Waals surface area contributed by atoms with E-state index in [4.69, 9.17) is 11.6 Å². The molecule has 0 aliphatic rings. The van der Waals surface area contributed by atoms with Gasteiger partial charge in [0.05, 0.1) is 18.4 Å². The van der Waals surface area contributed by atoms with E-state index >= 15 is 0 Å². The lowest BCUT2D eigenvalue weighted by atomic mass is 10.1. The first-order chi connectivity index (χ1) is 9.25. The molecule has 2 aromatic heterocycles. The highest BCUT2D eigenvalue weighted by molar-refractivity contribution is 6.31. The van der Waals surface area contributed by atoms with E-state index in [-0.39, 0.29) is 6.04 Å². The van der Waals surface area contributed by atoms with E-state index in [0.717, 1.165) is 16.4 Å². The highest BCUT2D eigenvalue weighted by atomic mass is 35.5. The Morgan fingerprint density at radius 1 is 1.26 bits per heavy atom. The maximum atomic E-state index is 6.18. The van der Waals surface area contributed by atoms with E-state index in [9.17, 15) is 0 Å². The second-order valence-corrected chi connectivity index (χ2v) is 4.54. The van der Waals surface area contributed by atoms with Gasteiger partial charge in [-0.2, -0.15) is 4.52 Å². The van der Waals surface area contributed by atoms with Crippen LogP contribution in [-0.2, 0) is 0 Å². The van der Waals surface area contributed by atoms with Crippen molar-refractivity contribution >= 4 is 23.1 Å². The summed E-state index contributed by atoms with van der Waals surface area (Å²) in [7, 11) is 0. The van der Waals surface area contributed by atoms with Gasteiger partial charge in [0, 0.05) is 5.02 Å². The fourth-order valence-corrected chi connectivity index (χ4v) is 2.20. The van der Waals surface area contributed by atoms with Crippen LogP contribution < -0.4 is 5.32 Å². The van der Waals surface area contributed by atoms with Crippen molar-refractivity contribution in [2.45, 2.75) is 13.0 Å². The summed E-state index contributed by atoms with van der Waals surface area (Å²) in [5, 5.41) is 15.4. The Labute approximate surface area is 114 Å². The van der Waals surface area contributed by atoms with Crippen LogP contribution in [0.25, 0.3) is 5.65 Å². The lowest BCUT2D eigenvalue weighted by Crippen LogP contribution is -2.11. The number of hydrogen-bond acceptors (Lipinski definition) is 5. The van der Waals surface area contributed by atoms with Gasteiger partial charge < -0.3 is 5.32 Å². The highest BCUT2D eigenvalue weighted by Crippen LogP contribution is 2.25. The van der Waals surface area contributed by atoms with Crippen molar-refractivity contribution in [1.29, 1.82) is 0 Å². The molecule has 1 atom stereocenters. The van der Waals surface area contributed by atoms with Gasteiger partial charge in [-0.25, -0.2) is 0 Å². The Bertz CT molecular complexity index is 710. The van der Waals surface area contributed by atoms with Crippen molar-refractivity contribution in [2.24, 2.45) is 0 Å².